The van der Waals surface area contributed by atoms with Gasteiger partial charge in [0.05, 0.1) is 6.10 Å². The predicted molar refractivity (Wildman–Crippen MR) is 59.6 cm³/mol. The molecule has 0 spiro atoms. The minimum absolute atomic E-state index is 0.0477. The lowest BCUT2D eigenvalue weighted by molar-refractivity contribution is 0.110. The molecule has 1 unspecified atom stereocenters. The van der Waals surface area contributed by atoms with Gasteiger partial charge in [-0.25, -0.2) is 4.79 Å². The zero-order valence-corrected chi connectivity index (χ0v) is 9.75. The van der Waals surface area contributed by atoms with E-state index in [1.54, 1.807) is 0 Å². The highest BCUT2D eigenvalue weighted by molar-refractivity contribution is 5.67. The number of aliphatic hydroxyl groups excluding tert-OH is 1. The van der Waals surface area contributed by atoms with Crippen molar-refractivity contribution in [2.45, 2.75) is 33.3 Å². The Kier molecular flexibility index (Phi) is 6.01. The van der Waals surface area contributed by atoms with Crippen molar-refractivity contribution in [3.05, 3.63) is 12.7 Å². The van der Waals surface area contributed by atoms with E-state index in [0.29, 0.717) is 6.42 Å². The number of carbonyl (C=O) groups excluding carboxylic acids is 1. The molecule has 0 aliphatic rings. The van der Waals surface area contributed by atoms with Crippen molar-refractivity contribution in [3.8, 4) is 0 Å². The van der Waals surface area contributed by atoms with Crippen LogP contribution >= 0.6 is 0 Å². The van der Waals surface area contributed by atoms with Crippen LogP contribution in [0.4, 0.5) is 4.79 Å². The zero-order valence-electron chi connectivity index (χ0n) is 9.75. The number of hydrogen-bond donors (Lipinski definition) is 2. The Bertz CT molecular complexity index is 208. The van der Waals surface area contributed by atoms with E-state index in [-0.39, 0.29) is 18.6 Å². The summed E-state index contributed by atoms with van der Waals surface area (Å²) < 4.78 is 4.69. The highest BCUT2D eigenvalue weighted by Gasteiger charge is 2.17. The smallest absolute Gasteiger partial charge is 0.407 e. The van der Waals surface area contributed by atoms with E-state index in [2.05, 4.69) is 11.9 Å². The van der Waals surface area contributed by atoms with Gasteiger partial charge in [0, 0.05) is 6.54 Å². The van der Waals surface area contributed by atoms with Crippen molar-refractivity contribution in [1.29, 1.82) is 0 Å². The molecule has 88 valence electrons. The SMILES string of the molecule is C=CCOC(=O)NCC(O)CC(C)(C)C. The normalized spacial score (nSPS) is 13.1. The molecule has 0 saturated heterocycles. The minimum atomic E-state index is -0.540. The molecule has 0 aromatic heterocycles. The van der Waals surface area contributed by atoms with Gasteiger partial charge >= 0.3 is 6.09 Å². The summed E-state index contributed by atoms with van der Waals surface area (Å²) in [5.74, 6) is 0. The lowest BCUT2D eigenvalue weighted by atomic mass is 9.89. The number of nitrogens with one attached hydrogen (secondary N) is 1. The number of alkyl carbamates (subject to hydrolysis) is 1. The van der Waals surface area contributed by atoms with Gasteiger partial charge in [0.1, 0.15) is 6.61 Å². The molecule has 0 aliphatic carbocycles. The molecule has 1 atom stereocenters. The topological polar surface area (TPSA) is 58.6 Å². The number of aliphatic hydroxyl groups is 1. The summed E-state index contributed by atoms with van der Waals surface area (Å²) in [7, 11) is 0. The Hall–Kier alpha value is -1.03. The van der Waals surface area contributed by atoms with E-state index >= 15 is 0 Å². The minimum Gasteiger partial charge on any atom is -0.445 e. The van der Waals surface area contributed by atoms with E-state index in [1.165, 1.54) is 6.08 Å². The Morgan fingerprint density at radius 3 is 2.67 bits per heavy atom. The molecule has 0 bridgehead atoms. The van der Waals surface area contributed by atoms with E-state index < -0.39 is 12.2 Å². The van der Waals surface area contributed by atoms with Crippen LogP contribution in [0.3, 0.4) is 0 Å². The largest absolute Gasteiger partial charge is 0.445 e. The molecule has 0 rings (SSSR count). The first-order valence-corrected chi connectivity index (χ1v) is 5.05. The fraction of sp³-hybridized carbons (Fsp3) is 0.727. The van der Waals surface area contributed by atoms with Gasteiger partial charge in [-0.05, 0) is 11.8 Å². The summed E-state index contributed by atoms with van der Waals surface area (Å²) in [6.07, 6.45) is 1.06. The van der Waals surface area contributed by atoms with Crippen LogP contribution in [0.2, 0.25) is 0 Å². The van der Waals surface area contributed by atoms with Gasteiger partial charge in [-0.1, -0.05) is 33.4 Å². The van der Waals surface area contributed by atoms with Crippen LogP contribution in [0.1, 0.15) is 27.2 Å². The lowest BCUT2D eigenvalue weighted by Crippen LogP contribution is -2.34. The van der Waals surface area contributed by atoms with Crippen molar-refractivity contribution < 1.29 is 14.6 Å². The second kappa shape index (κ2) is 6.45. The van der Waals surface area contributed by atoms with E-state index in [0.717, 1.165) is 0 Å². The summed E-state index contributed by atoms with van der Waals surface area (Å²) in [5, 5.41) is 12.0. The maximum Gasteiger partial charge on any atom is 0.407 e. The first-order chi connectivity index (χ1) is 6.85. The standard InChI is InChI=1S/C11H21NO3/c1-5-6-15-10(14)12-8-9(13)7-11(2,3)4/h5,9,13H,1,6-8H2,2-4H3,(H,12,14). The molecule has 0 aromatic carbocycles. The first-order valence-electron chi connectivity index (χ1n) is 5.05. The van der Waals surface area contributed by atoms with Gasteiger partial charge in [0.25, 0.3) is 0 Å². The van der Waals surface area contributed by atoms with Crippen LogP contribution in [0.5, 0.6) is 0 Å². The Balaban J connectivity index is 3.66. The van der Waals surface area contributed by atoms with Gasteiger partial charge in [0.15, 0.2) is 0 Å². The molecule has 0 radical (unpaired) electrons. The van der Waals surface area contributed by atoms with Crippen molar-refractivity contribution >= 4 is 6.09 Å². The van der Waals surface area contributed by atoms with Gasteiger partial charge in [-0.2, -0.15) is 0 Å². The number of rotatable bonds is 5. The number of carbonyl (C=O) groups is 1. The molecule has 1 amide bonds. The highest BCUT2D eigenvalue weighted by Crippen LogP contribution is 2.20. The van der Waals surface area contributed by atoms with E-state index in [1.807, 2.05) is 20.8 Å². The van der Waals surface area contributed by atoms with E-state index in [4.69, 9.17) is 4.74 Å². The van der Waals surface area contributed by atoms with Crippen LogP contribution in [-0.4, -0.2) is 30.5 Å². The number of hydrogen-bond acceptors (Lipinski definition) is 3. The molecular formula is C11H21NO3. The summed E-state index contributed by atoms with van der Waals surface area (Å²) >= 11 is 0. The quantitative estimate of drug-likeness (QED) is 0.686. The molecule has 0 aliphatic heterocycles. The van der Waals surface area contributed by atoms with Crippen LogP contribution in [0, 0.1) is 5.41 Å². The zero-order chi connectivity index (χ0) is 11.9. The van der Waals surface area contributed by atoms with Crippen molar-refractivity contribution in [2.24, 2.45) is 5.41 Å². The Morgan fingerprint density at radius 1 is 1.60 bits per heavy atom. The second-order valence-corrected chi connectivity index (χ2v) is 4.69. The van der Waals surface area contributed by atoms with Gasteiger partial charge < -0.3 is 15.2 Å². The van der Waals surface area contributed by atoms with Crippen LogP contribution in [0.25, 0.3) is 0 Å². The van der Waals surface area contributed by atoms with Crippen molar-refractivity contribution in [2.75, 3.05) is 13.2 Å². The number of amides is 1. The molecule has 15 heavy (non-hydrogen) atoms. The fourth-order valence-corrected chi connectivity index (χ4v) is 1.17. The van der Waals surface area contributed by atoms with Gasteiger partial charge in [-0.15, -0.1) is 0 Å². The van der Waals surface area contributed by atoms with Crippen molar-refractivity contribution in [1.82, 2.24) is 5.32 Å². The van der Waals surface area contributed by atoms with Gasteiger partial charge in [0.2, 0.25) is 0 Å². The molecule has 2 N–H and O–H groups in total. The first kappa shape index (κ1) is 14.0. The maximum absolute atomic E-state index is 11.0. The fourth-order valence-electron chi connectivity index (χ4n) is 1.17. The number of ether oxygens (including phenoxy) is 1. The summed E-state index contributed by atoms with van der Waals surface area (Å²) in [5.41, 5.74) is 0.0477. The highest BCUT2D eigenvalue weighted by atomic mass is 16.5. The molecule has 4 heteroatoms. The third-order valence-electron chi connectivity index (χ3n) is 1.66. The third-order valence-corrected chi connectivity index (χ3v) is 1.66. The van der Waals surface area contributed by atoms with E-state index in [9.17, 15) is 9.90 Å². The molecule has 0 heterocycles. The average Bonchev–Trinajstić information content (AvgIpc) is 2.08. The predicted octanol–water partition coefficient (Wildman–Crippen LogP) is 1.70. The van der Waals surface area contributed by atoms with Crippen molar-refractivity contribution in [3.63, 3.8) is 0 Å². The molecule has 0 fully saturated rings. The third kappa shape index (κ3) is 9.28. The monoisotopic (exact) mass is 215 g/mol. The summed E-state index contributed by atoms with van der Waals surface area (Å²) in [6, 6.07) is 0. The lowest BCUT2D eigenvalue weighted by Gasteiger charge is -2.22. The average molecular weight is 215 g/mol. The van der Waals surface area contributed by atoms with Gasteiger partial charge in [-0.3, -0.25) is 0 Å². The second-order valence-electron chi connectivity index (χ2n) is 4.69. The molecule has 4 nitrogen and oxygen atoms in total. The van der Waals surface area contributed by atoms with Crippen LogP contribution in [-0.2, 0) is 4.74 Å². The molecular weight excluding hydrogens is 194 g/mol. The van der Waals surface area contributed by atoms with Crippen LogP contribution in [0.15, 0.2) is 12.7 Å². The molecule has 0 aromatic rings. The maximum atomic E-state index is 11.0. The summed E-state index contributed by atoms with van der Waals surface area (Å²) in [4.78, 5) is 11.0. The Labute approximate surface area is 91.3 Å². The Morgan fingerprint density at radius 2 is 2.20 bits per heavy atom. The molecule has 0 saturated carbocycles. The van der Waals surface area contributed by atoms with Crippen LogP contribution < -0.4 is 5.32 Å². The summed E-state index contributed by atoms with van der Waals surface area (Å²) in [6.45, 7) is 9.92.